The highest BCUT2D eigenvalue weighted by Crippen LogP contribution is 2.18. The molecular formula is C73H139NO5. The molecule has 0 aliphatic heterocycles. The van der Waals surface area contributed by atoms with Gasteiger partial charge >= 0.3 is 5.97 Å². The quantitative estimate of drug-likeness (QED) is 0.0320. The molecule has 1 amide bonds. The van der Waals surface area contributed by atoms with Crippen molar-refractivity contribution < 1.29 is 24.5 Å². The zero-order valence-corrected chi connectivity index (χ0v) is 53.4. The molecule has 466 valence electrons. The Kier molecular flexibility index (Phi) is 66.9. The first-order chi connectivity index (χ1) is 39.0. The third kappa shape index (κ3) is 65.1. The summed E-state index contributed by atoms with van der Waals surface area (Å²) in [7, 11) is 0. The van der Waals surface area contributed by atoms with E-state index in [0.29, 0.717) is 19.4 Å². The molecule has 0 aliphatic carbocycles. The number of nitrogens with one attached hydrogen (secondary N) is 1. The van der Waals surface area contributed by atoms with Crippen LogP contribution in [0.15, 0.2) is 36.5 Å². The summed E-state index contributed by atoms with van der Waals surface area (Å²) in [5, 5.41) is 23.1. The third-order valence-electron chi connectivity index (χ3n) is 16.7. The monoisotopic (exact) mass is 1110 g/mol. The van der Waals surface area contributed by atoms with Gasteiger partial charge in [-0.15, -0.1) is 0 Å². The summed E-state index contributed by atoms with van der Waals surface area (Å²) in [6.45, 7) is 4.92. The average Bonchev–Trinajstić information content (AvgIpc) is 3.45. The van der Waals surface area contributed by atoms with Crippen LogP contribution in [0.3, 0.4) is 0 Å². The number of ether oxygens (including phenoxy) is 1. The fourth-order valence-corrected chi connectivity index (χ4v) is 11.2. The van der Waals surface area contributed by atoms with E-state index in [9.17, 15) is 19.8 Å². The molecule has 6 nitrogen and oxygen atoms in total. The summed E-state index contributed by atoms with van der Waals surface area (Å²) in [5.41, 5.74) is 0. The lowest BCUT2D eigenvalue weighted by Gasteiger charge is -2.20. The van der Waals surface area contributed by atoms with Gasteiger partial charge in [0.05, 0.1) is 25.4 Å². The summed E-state index contributed by atoms with van der Waals surface area (Å²) >= 11 is 0. The van der Waals surface area contributed by atoms with Crippen LogP contribution in [0.2, 0.25) is 0 Å². The summed E-state index contributed by atoms with van der Waals surface area (Å²) in [6.07, 6.45) is 88.1. The molecule has 0 spiro atoms. The Bertz CT molecular complexity index is 1280. The molecule has 79 heavy (non-hydrogen) atoms. The molecule has 0 saturated carbocycles. The van der Waals surface area contributed by atoms with Gasteiger partial charge in [-0.05, 0) is 64.2 Å². The van der Waals surface area contributed by atoms with Gasteiger partial charge in [0.2, 0.25) is 5.91 Å². The number of aliphatic hydroxyl groups excluding tert-OH is 2. The number of unbranched alkanes of at least 4 members (excludes halogenated alkanes) is 52. The second-order valence-electron chi connectivity index (χ2n) is 24.6. The van der Waals surface area contributed by atoms with E-state index < -0.39 is 12.1 Å². The fourth-order valence-electron chi connectivity index (χ4n) is 11.2. The molecule has 0 heterocycles. The molecule has 0 saturated heterocycles. The Balaban J connectivity index is 3.36. The topological polar surface area (TPSA) is 95.9 Å². The van der Waals surface area contributed by atoms with E-state index in [1.165, 1.54) is 321 Å². The minimum absolute atomic E-state index is 0.0198. The fraction of sp³-hybridized carbons (Fsp3) is 0.890. The zero-order chi connectivity index (χ0) is 57.1. The van der Waals surface area contributed by atoms with Gasteiger partial charge in [-0.3, -0.25) is 9.59 Å². The van der Waals surface area contributed by atoms with Crippen LogP contribution in [0.25, 0.3) is 0 Å². The number of allylic oxidation sites excluding steroid dienone is 5. The first-order valence-corrected chi connectivity index (χ1v) is 35.8. The zero-order valence-electron chi connectivity index (χ0n) is 53.4. The van der Waals surface area contributed by atoms with Crippen molar-refractivity contribution in [3.8, 4) is 0 Å². The SMILES string of the molecule is CCCCCCCCCCCC/C=C/C(O)C(CO)NC(=O)CCCCCCCCCCCCCCCCCCC/C=C\C/C=C\CCCCCCCCCCCCCOC(=O)CCCCCCCCCCCCCCCCC. The summed E-state index contributed by atoms with van der Waals surface area (Å²) < 4.78 is 5.50. The van der Waals surface area contributed by atoms with E-state index in [-0.39, 0.29) is 18.5 Å². The molecule has 0 radical (unpaired) electrons. The van der Waals surface area contributed by atoms with Gasteiger partial charge < -0.3 is 20.3 Å². The number of hydrogen-bond donors (Lipinski definition) is 3. The van der Waals surface area contributed by atoms with Crippen LogP contribution in [0.5, 0.6) is 0 Å². The average molecular weight is 1110 g/mol. The van der Waals surface area contributed by atoms with Crippen LogP contribution in [0, 0.1) is 0 Å². The van der Waals surface area contributed by atoms with Crippen molar-refractivity contribution in [3.63, 3.8) is 0 Å². The molecule has 0 rings (SSSR count). The van der Waals surface area contributed by atoms with Gasteiger partial charge in [0.1, 0.15) is 0 Å². The molecule has 2 atom stereocenters. The van der Waals surface area contributed by atoms with Crippen molar-refractivity contribution in [1.82, 2.24) is 5.32 Å². The predicted octanol–water partition coefficient (Wildman–Crippen LogP) is 23.1. The normalized spacial score (nSPS) is 12.7. The predicted molar refractivity (Wildman–Crippen MR) is 347 cm³/mol. The lowest BCUT2D eigenvalue weighted by atomic mass is 10.0. The Morgan fingerprint density at radius 3 is 0.962 bits per heavy atom. The van der Waals surface area contributed by atoms with Crippen molar-refractivity contribution >= 4 is 11.9 Å². The maximum atomic E-state index is 12.5. The summed E-state index contributed by atoms with van der Waals surface area (Å²) in [5.74, 6) is -0.0451. The molecule has 6 heteroatoms. The number of carbonyl (C=O) groups is 2. The molecule has 3 N–H and O–H groups in total. The van der Waals surface area contributed by atoms with Crippen LogP contribution in [-0.2, 0) is 14.3 Å². The molecule has 2 unspecified atom stereocenters. The minimum atomic E-state index is -0.842. The smallest absolute Gasteiger partial charge is 0.305 e. The van der Waals surface area contributed by atoms with Crippen LogP contribution in [0.1, 0.15) is 393 Å². The van der Waals surface area contributed by atoms with Gasteiger partial charge in [-0.1, -0.05) is 352 Å². The third-order valence-corrected chi connectivity index (χ3v) is 16.7. The van der Waals surface area contributed by atoms with Gasteiger partial charge in [0, 0.05) is 12.8 Å². The van der Waals surface area contributed by atoms with Crippen molar-refractivity contribution in [2.75, 3.05) is 13.2 Å². The second kappa shape index (κ2) is 68.6. The molecule has 0 aliphatic rings. The van der Waals surface area contributed by atoms with Gasteiger partial charge in [0.15, 0.2) is 0 Å². The highest BCUT2D eigenvalue weighted by molar-refractivity contribution is 5.76. The number of esters is 1. The van der Waals surface area contributed by atoms with Crippen LogP contribution in [-0.4, -0.2) is 47.4 Å². The molecular weight excluding hydrogens is 971 g/mol. The Labute approximate surface area is 494 Å². The Hall–Kier alpha value is -1.92. The van der Waals surface area contributed by atoms with E-state index in [1.54, 1.807) is 6.08 Å². The second-order valence-corrected chi connectivity index (χ2v) is 24.6. The summed E-state index contributed by atoms with van der Waals surface area (Å²) in [6, 6.07) is -0.625. The van der Waals surface area contributed by atoms with E-state index in [2.05, 4.69) is 43.5 Å². The Morgan fingerprint density at radius 2 is 0.633 bits per heavy atom. The van der Waals surface area contributed by atoms with Crippen molar-refractivity contribution in [2.24, 2.45) is 0 Å². The van der Waals surface area contributed by atoms with Crippen molar-refractivity contribution in [1.29, 1.82) is 0 Å². The van der Waals surface area contributed by atoms with Gasteiger partial charge in [-0.2, -0.15) is 0 Å². The Morgan fingerprint density at radius 1 is 0.354 bits per heavy atom. The highest BCUT2D eigenvalue weighted by Gasteiger charge is 2.18. The van der Waals surface area contributed by atoms with Crippen LogP contribution in [0.4, 0.5) is 0 Å². The lowest BCUT2D eigenvalue weighted by Crippen LogP contribution is -2.45. The first kappa shape index (κ1) is 77.1. The molecule has 0 aromatic rings. The number of rotatable bonds is 67. The van der Waals surface area contributed by atoms with E-state index in [1.807, 2.05) is 6.08 Å². The maximum absolute atomic E-state index is 12.5. The lowest BCUT2D eigenvalue weighted by molar-refractivity contribution is -0.143. The molecule has 0 fully saturated rings. The van der Waals surface area contributed by atoms with E-state index in [4.69, 9.17) is 4.74 Å². The number of hydrogen-bond acceptors (Lipinski definition) is 5. The molecule has 0 aromatic carbocycles. The maximum Gasteiger partial charge on any atom is 0.305 e. The number of carbonyl (C=O) groups excluding carboxylic acids is 2. The van der Waals surface area contributed by atoms with Gasteiger partial charge in [0.25, 0.3) is 0 Å². The first-order valence-electron chi connectivity index (χ1n) is 35.8. The van der Waals surface area contributed by atoms with E-state index in [0.717, 1.165) is 44.9 Å². The van der Waals surface area contributed by atoms with Crippen molar-refractivity contribution in [3.05, 3.63) is 36.5 Å². The largest absolute Gasteiger partial charge is 0.466 e. The number of amides is 1. The van der Waals surface area contributed by atoms with Crippen molar-refractivity contribution in [2.45, 2.75) is 405 Å². The standard InChI is InChI=1S/C73H139NO5/c1-3-5-7-9-11-13-15-17-39-43-47-51-55-59-63-67-73(78)79-68-64-60-56-52-48-44-41-38-36-34-32-30-28-26-24-22-20-18-19-21-23-25-27-29-31-33-35-37-40-42-46-50-54-58-62-66-72(77)74-70(69-75)71(76)65-61-57-53-49-45-16-14-12-10-8-6-4-2/h20,22,26,28,61,65,70-71,75-76H,3-19,21,23-25,27,29-60,62-64,66-69H2,1-2H3,(H,74,77)/b22-20-,28-26-,65-61+. The van der Waals surface area contributed by atoms with E-state index >= 15 is 0 Å². The minimum Gasteiger partial charge on any atom is -0.466 e. The molecule has 0 bridgehead atoms. The van der Waals surface area contributed by atoms with Crippen LogP contribution < -0.4 is 5.32 Å². The number of aliphatic hydroxyl groups is 2. The highest BCUT2D eigenvalue weighted by atomic mass is 16.5. The summed E-state index contributed by atoms with van der Waals surface area (Å²) in [4.78, 5) is 24.5. The van der Waals surface area contributed by atoms with Gasteiger partial charge in [-0.25, -0.2) is 0 Å². The van der Waals surface area contributed by atoms with Crippen LogP contribution >= 0.6 is 0 Å². The molecule has 0 aromatic heterocycles.